The van der Waals surface area contributed by atoms with E-state index >= 15 is 0 Å². The maximum Gasteiger partial charge on any atom is 0.413 e. The number of halogens is 5. The average molecular weight is 513 g/mol. The Morgan fingerprint density at radius 3 is 2.11 bits per heavy atom. The first-order valence-electron chi connectivity index (χ1n) is 9.08. The molecule has 0 atom stereocenters. The second kappa shape index (κ2) is 11.8. The van der Waals surface area contributed by atoms with Crippen LogP contribution in [0.3, 0.4) is 0 Å². The summed E-state index contributed by atoms with van der Waals surface area (Å²) in [5.74, 6) is 1.65. The smallest absolute Gasteiger partial charge is 0.323 e. The number of ether oxygens (including phenoxy) is 1. The fourth-order valence-corrected chi connectivity index (χ4v) is 31.6. The van der Waals surface area contributed by atoms with E-state index in [1.165, 1.54) is 43.2 Å². The Hall–Kier alpha value is 1.32. The molecule has 0 saturated heterocycles. The highest BCUT2D eigenvalue weighted by Gasteiger charge is 2.63. The summed E-state index contributed by atoms with van der Waals surface area (Å²) in [4.78, 5) is 0. The summed E-state index contributed by atoms with van der Waals surface area (Å²) in [6, 6.07) is 0. The minimum atomic E-state index is -4.44. The van der Waals surface area contributed by atoms with Crippen molar-refractivity contribution in [1.29, 1.82) is 0 Å². The first-order chi connectivity index (χ1) is 12.8. The Bertz CT molecular complexity index is 471. The molecule has 0 aromatic heterocycles. The monoisotopic (exact) mass is 512 g/mol. The fraction of sp³-hybridized carbons (Fsp3) is 1.00. The number of unbranched alkanes of at least 4 members (excludes halogenated alkanes) is 1. The molecule has 2 nitrogen and oxygen atoms in total. The molecule has 0 bridgehead atoms. The molecular formula is C16H33F5O2S5. The Balaban J connectivity index is 6.06. The van der Waals surface area contributed by atoms with Gasteiger partial charge >= 0.3 is 12.8 Å². The van der Waals surface area contributed by atoms with Crippen LogP contribution in [0.2, 0.25) is 0 Å². The van der Waals surface area contributed by atoms with Gasteiger partial charge in [0.2, 0.25) is 0 Å². The first kappa shape index (κ1) is 29.3. The molecule has 0 N–H and O–H groups in total. The van der Waals surface area contributed by atoms with Crippen LogP contribution < -0.4 is 0 Å². The molecule has 0 fully saturated rings. The van der Waals surface area contributed by atoms with Crippen molar-refractivity contribution in [2.24, 2.45) is 0 Å². The third-order valence-corrected chi connectivity index (χ3v) is 32.3. The van der Waals surface area contributed by atoms with Crippen molar-refractivity contribution in [3.05, 3.63) is 0 Å². The highest BCUT2D eigenvalue weighted by molar-refractivity contribution is 9.80. The van der Waals surface area contributed by atoms with Crippen molar-refractivity contribution in [3.63, 3.8) is 0 Å². The van der Waals surface area contributed by atoms with Gasteiger partial charge in [-0.1, -0.05) is 75.6 Å². The summed E-state index contributed by atoms with van der Waals surface area (Å²) >= 11 is 0. The summed E-state index contributed by atoms with van der Waals surface area (Å²) in [5, 5.41) is 0.0445. The number of alkyl halides is 5. The lowest BCUT2D eigenvalue weighted by atomic mass is 10.4. The summed E-state index contributed by atoms with van der Waals surface area (Å²) in [6.07, 6.45) is -1.02. The SMILES string of the molecule is CCCSS(CCCCOC(F)F)(OCC(F)(F)F)(SC)(SCC)SC(C)C. The van der Waals surface area contributed by atoms with Gasteiger partial charge in [-0.15, -0.1) is 0 Å². The minimum absolute atomic E-state index is 0.0445. The topological polar surface area (TPSA) is 18.5 Å². The van der Waals surface area contributed by atoms with E-state index < -0.39 is 24.1 Å². The zero-order chi connectivity index (χ0) is 22.0. The standard InChI is InChI=1S/C16H33F5O2S5/c1-6-11-26-28(24-5,25-7-2,27-14(3)4,23-13-16(19,20)21)12-9-8-10-22-15(17)18/h14-15H,6-13H2,1-5H3. The molecule has 0 aliphatic rings. The molecule has 0 amide bonds. The first-order valence-corrected chi connectivity index (χ1v) is 17.8. The molecule has 0 aliphatic heterocycles. The normalized spacial score (nSPS) is 15.9. The van der Waals surface area contributed by atoms with Gasteiger partial charge < -0.3 is 8.92 Å². The Kier molecular flexibility index (Phi) is 12.4. The van der Waals surface area contributed by atoms with Crippen LogP contribution in [0.25, 0.3) is 0 Å². The van der Waals surface area contributed by atoms with Gasteiger partial charge in [-0.05, 0) is 25.5 Å². The molecule has 12 heteroatoms. The van der Waals surface area contributed by atoms with Crippen LogP contribution in [0.15, 0.2) is 0 Å². The predicted octanol–water partition coefficient (Wildman–Crippen LogP) is 8.44. The Morgan fingerprint density at radius 1 is 1.04 bits per heavy atom. The van der Waals surface area contributed by atoms with Crippen molar-refractivity contribution < 1.29 is 30.9 Å². The van der Waals surface area contributed by atoms with Gasteiger partial charge in [0.15, 0.2) is 6.61 Å². The molecule has 0 spiro atoms. The molecule has 0 aromatic rings. The largest absolute Gasteiger partial charge is 0.413 e. The molecule has 0 rings (SSSR count). The molecule has 28 heavy (non-hydrogen) atoms. The number of rotatable bonds is 16. The van der Waals surface area contributed by atoms with Gasteiger partial charge in [-0.3, -0.25) is 0 Å². The molecule has 0 radical (unpaired) electrons. The fourth-order valence-electron chi connectivity index (χ4n) is 2.56. The molecule has 0 aliphatic carbocycles. The zero-order valence-corrected chi connectivity index (χ0v) is 21.1. The molecule has 174 valence electrons. The number of hydrogen-bond acceptors (Lipinski definition) is 6. The van der Waals surface area contributed by atoms with Crippen molar-refractivity contribution in [3.8, 4) is 0 Å². The maximum atomic E-state index is 13.2. The lowest BCUT2D eigenvalue weighted by molar-refractivity contribution is -0.151. The molecule has 0 aromatic carbocycles. The van der Waals surface area contributed by atoms with Gasteiger partial charge in [0.25, 0.3) is 0 Å². The second-order valence-electron chi connectivity index (χ2n) is 6.23. The van der Waals surface area contributed by atoms with Crippen molar-refractivity contribution in [2.45, 2.75) is 65.0 Å². The molecule has 0 unspecified atom stereocenters. The van der Waals surface area contributed by atoms with Crippen molar-refractivity contribution in [1.82, 2.24) is 0 Å². The van der Waals surface area contributed by atoms with Crippen LogP contribution in [0.5, 0.6) is 0 Å². The van der Waals surface area contributed by atoms with Gasteiger partial charge in [0.1, 0.15) is 0 Å². The summed E-state index contributed by atoms with van der Waals surface area (Å²) in [5.41, 5.74) is 0. The highest BCUT2D eigenvalue weighted by Crippen LogP contribution is 3.17. The van der Waals surface area contributed by atoms with Crippen molar-refractivity contribution >= 4 is 47.9 Å². The van der Waals surface area contributed by atoms with Crippen LogP contribution in [-0.2, 0) is 8.92 Å². The van der Waals surface area contributed by atoms with E-state index in [9.17, 15) is 22.0 Å². The minimum Gasteiger partial charge on any atom is -0.323 e. The lowest BCUT2D eigenvalue weighted by Gasteiger charge is -2.75. The van der Waals surface area contributed by atoms with E-state index in [0.717, 1.165) is 6.42 Å². The summed E-state index contributed by atoms with van der Waals surface area (Å²) < 4.78 is 70.7. The Labute approximate surface area is 180 Å². The van der Waals surface area contributed by atoms with Gasteiger partial charge in [-0.2, -0.15) is 22.0 Å². The second-order valence-corrected chi connectivity index (χ2v) is 29.6. The van der Waals surface area contributed by atoms with Gasteiger partial charge in [0, 0.05) is 22.5 Å². The van der Waals surface area contributed by atoms with E-state index in [2.05, 4.69) is 4.74 Å². The quantitative estimate of drug-likeness (QED) is 0.116. The third-order valence-electron chi connectivity index (χ3n) is 3.46. The van der Waals surface area contributed by atoms with E-state index in [-0.39, 0.29) is 11.9 Å². The lowest BCUT2D eigenvalue weighted by Crippen LogP contribution is -2.34. The van der Waals surface area contributed by atoms with Crippen LogP contribution in [-0.4, -0.2) is 54.8 Å². The van der Waals surface area contributed by atoms with Crippen LogP contribution in [0.4, 0.5) is 22.0 Å². The molecule has 0 heterocycles. The van der Waals surface area contributed by atoms with Gasteiger partial charge in [0.05, 0.1) is 6.61 Å². The van der Waals surface area contributed by atoms with Gasteiger partial charge in [-0.25, -0.2) is 0 Å². The predicted molar refractivity (Wildman–Crippen MR) is 123 cm³/mol. The van der Waals surface area contributed by atoms with Crippen LogP contribution in [0, 0.1) is 0 Å². The van der Waals surface area contributed by atoms with Crippen LogP contribution in [0.1, 0.15) is 47.0 Å². The third kappa shape index (κ3) is 8.82. The zero-order valence-electron chi connectivity index (χ0n) is 17.1. The van der Waals surface area contributed by atoms with E-state index in [4.69, 9.17) is 4.18 Å². The van der Waals surface area contributed by atoms with E-state index in [1.807, 2.05) is 34.0 Å². The molecule has 0 saturated carbocycles. The molecular weight excluding hydrogens is 479 g/mol. The van der Waals surface area contributed by atoms with E-state index in [0.29, 0.717) is 30.1 Å². The Morgan fingerprint density at radius 2 is 1.68 bits per heavy atom. The summed E-state index contributed by atoms with van der Waals surface area (Å²) in [7, 11) is 5.92. The van der Waals surface area contributed by atoms with E-state index in [1.54, 1.807) is 0 Å². The van der Waals surface area contributed by atoms with Crippen LogP contribution >= 0.6 is 47.9 Å². The average Bonchev–Trinajstić information content (AvgIpc) is 2.58. The number of hydrogen-bond donors (Lipinski definition) is 0. The maximum absolute atomic E-state index is 13.2. The van der Waals surface area contributed by atoms with Crippen molar-refractivity contribution in [2.75, 3.05) is 36.7 Å². The highest BCUT2D eigenvalue weighted by atomic mass is 34.1. The summed E-state index contributed by atoms with van der Waals surface area (Å²) in [6.45, 7) is 3.55.